The lowest BCUT2D eigenvalue weighted by molar-refractivity contribution is 0.200. The summed E-state index contributed by atoms with van der Waals surface area (Å²) in [5.74, 6) is 1.18. The average Bonchev–Trinajstić information content (AvgIpc) is 3.33. The molecular weight excluding hydrogens is 388 g/mol. The highest BCUT2D eigenvalue weighted by molar-refractivity contribution is 7.09. The Labute approximate surface area is 181 Å². The molecule has 1 unspecified atom stereocenters. The second kappa shape index (κ2) is 8.86. The molecule has 1 aliphatic rings. The van der Waals surface area contributed by atoms with Crippen molar-refractivity contribution in [3.8, 4) is 22.5 Å². The molecule has 0 radical (unpaired) electrons. The van der Waals surface area contributed by atoms with Crippen molar-refractivity contribution in [2.45, 2.75) is 25.3 Å². The summed E-state index contributed by atoms with van der Waals surface area (Å²) in [7, 11) is 0. The van der Waals surface area contributed by atoms with Gasteiger partial charge in [0.1, 0.15) is 0 Å². The van der Waals surface area contributed by atoms with Gasteiger partial charge in [-0.25, -0.2) is 9.97 Å². The van der Waals surface area contributed by atoms with E-state index in [2.05, 4.69) is 57.7 Å². The van der Waals surface area contributed by atoms with Crippen molar-refractivity contribution in [1.29, 1.82) is 0 Å². The number of piperidine rings is 1. The standard InChI is InChI=1S/C25H24N4S/c1-2-6-19(7-3-1)23-16-27-25(20-10-12-26-13-11-20)28-24(23)21-8-4-14-29(17-21)18-22-9-5-15-30-22/h1-3,5-7,9-13,15-16,21H,4,8,14,17-18H2. The van der Waals surface area contributed by atoms with Crippen LogP contribution >= 0.6 is 11.3 Å². The van der Waals surface area contributed by atoms with Crippen LogP contribution in [0.25, 0.3) is 22.5 Å². The first-order valence-corrected chi connectivity index (χ1v) is 11.3. The van der Waals surface area contributed by atoms with Gasteiger partial charge in [-0.05, 0) is 48.5 Å². The van der Waals surface area contributed by atoms with E-state index in [1.165, 1.54) is 22.6 Å². The fourth-order valence-corrected chi connectivity index (χ4v) is 4.98. The average molecular weight is 413 g/mol. The van der Waals surface area contributed by atoms with Crippen molar-refractivity contribution in [3.63, 3.8) is 0 Å². The molecule has 1 aromatic carbocycles. The van der Waals surface area contributed by atoms with E-state index in [1.807, 2.05) is 29.7 Å². The highest BCUT2D eigenvalue weighted by Crippen LogP contribution is 2.34. The van der Waals surface area contributed by atoms with E-state index < -0.39 is 0 Å². The molecule has 1 atom stereocenters. The maximum absolute atomic E-state index is 5.11. The van der Waals surface area contributed by atoms with Gasteiger partial charge in [0.2, 0.25) is 0 Å². The quantitative estimate of drug-likeness (QED) is 0.425. The first-order valence-electron chi connectivity index (χ1n) is 10.4. The fraction of sp³-hybridized carbons (Fsp3) is 0.240. The molecule has 0 N–H and O–H groups in total. The third-order valence-corrected chi connectivity index (χ3v) is 6.55. The molecule has 0 bridgehead atoms. The van der Waals surface area contributed by atoms with Crippen LogP contribution in [0, 0.1) is 0 Å². The minimum atomic E-state index is 0.400. The van der Waals surface area contributed by atoms with E-state index in [1.54, 1.807) is 12.4 Å². The molecule has 3 aromatic heterocycles. The summed E-state index contributed by atoms with van der Waals surface area (Å²) in [6.45, 7) is 3.21. The first kappa shape index (κ1) is 19.1. The number of aromatic nitrogens is 3. The fourth-order valence-electron chi connectivity index (χ4n) is 4.23. The Morgan fingerprint density at radius 1 is 0.967 bits per heavy atom. The van der Waals surface area contributed by atoms with E-state index in [4.69, 9.17) is 9.97 Å². The Morgan fingerprint density at radius 2 is 1.83 bits per heavy atom. The normalized spacial score (nSPS) is 17.1. The van der Waals surface area contributed by atoms with Gasteiger partial charge >= 0.3 is 0 Å². The monoisotopic (exact) mass is 412 g/mol. The zero-order valence-electron chi connectivity index (χ0n) is 16.8. The summed E-state index contributed by atoms with van der Waals surface area (Å²) < 4.78 is 0. The zero-order valence-corrected chi connectivity index (χ0v) is 17.6. The summed E-state index contributed by atoms with van der Waals surface area (Å²) in [4.78, 5) is 18.0. The topological polar surface area (TPSA) is 41.9 Å². The molecule has 1 saturated heterocycles. The van der Waals surface area contributed by atoms with Crippen LogP contribution in [-0.2, 0) is 6.54 Å². The van der Waals surface area contributed by atoms with Crippen molar-refractivity contribution in [1.82, 2.24) is 19.9 Å². The largest absolute Gasteiger partial charge is 0.298 e. The molecule has 4 aromatic rings. The number of hydrogen-bond acceptors (Lipinski definition) is 5. The summed E-state index contributed by atoms with van der Waals surface area (Å²) in [5, 5.41) is 2.16. The number of pyridine rings is 1. The molecule has 150 valence electrons. The van der Waals surface area contributed by atoms with E-state index in [0.29, 0.717) is 5.92 Å². The van der Waals surface area contributed by atoms with Crippen LogP contribution in [0.5, 0.6) is 0 Å². The van der Waals surface area contributed by atoms with Crippen LogP contribution < -0.4 is 0 Å². The van der Waals surface area contributed by atoms with E-state index in [-0.39, 0.29) is 0 Å². The smallest absolute Gasteiger partial charge is 0.159 e. The summed E-state index contributed by atoms with van der Waals surface area (Å²) in [6, 6.07) is 18.9. The second-order valence-electron chi connectivity index (χ2n) is 7.75. The number of rotatable bonds is 5. The lowest BCUT2D eigenvalue weighted by atomic mass is 9.89. The van der Waals surface area contributed by atoms with Crippen LogP contribution in [0.4, 0.5) is 0 Å². The van der Waals surface area contributed by atoms with Crippen LogP contribution in [0.2, 0.25) is 0 Å². The van der Waals surface area contributed by atoms with Gasteiger partial charge in [0.15, 0.2) is 5.82 Å². The van der Waals surface area contributed by atoms with Crippen LogP contribution in [0.15, 0.2) is 78.6 Å². The third kappa shape index (κ3) is 4.18. The molecule has 0 spiro atoms. The lowest BCUT2D eigenvalue weighted by Gasteiger charge is -2.33. The van der Waals surface area contributed by atoms with Crippen LogP contribution in [0.1, 0.15) is 29.3 Å². The van der Waals surface area contributed by atoms with E-state index >= 15 is 0 Å². The molecule has 1 fully saturated rings. The maximum Gasteiger partial charge on any atom is 0.159 e. The SMILES string of the molecule is c1ccc(-c2cnc(-c3ccncc3)nc2C2CCCN(Cc3cccs3)C2)cc1. The van der Waals surface area contributed by atoms with Gasteiger partial charge in [-0.3, -0.25) is 9.88 Å². The molecule has 4 nitrogen and oxygen atoms in total. The van der Waals surface area contributed by atoms with Gasteiger partial charge in [-0.2, -0.15) is 0 Å². The number of thiophene rings is 1. The van der Waals surface area contributed by atoms with Crippen molar-refractivity contribution in [3.05, 3.63) is 89.1 Å². The van der Waals surface area contributed by atoms with Gasteiger partial charge in [0.05, 0.1) is 5.69 Å². The Kier molecular flexibility index (Phi) is 5.64. The van der Waals surface area contributed by atoms with Gasteiger partial charge in [-0.15, -0.1) is 11.3 Å². The molecule has 0 aliphatic carbocycles. The number of hydrogen-bond donors (Lipinski definition) is 0. The van der Waals surface area contributed by atoms with Crippen molar-refractivity contribution >= 4 is 11.3 Å². The molecule has 5 heteroatoms. The Balaban J connectivity index is 1.51. The predicted molar refractivity (Wildman–Crippen MR) is 122 cm³/mol. The van der Waals surface area contributed by atoms with Crippen LogP contribution in [0.3, 0.4) is 0 Å². The van der Waals surface area contributed by atoms with Crippen molar-refractivity contribution in [2.75, 3.05) is 13.1 Å². The molecule has 0 saturated carbocycles. The summed E-state index contributed by atoms with van der Waals surface area (Å²) >= 11 is 1.84. The zero-order chi connectivity index (χ0) is 20.2. The Morgan fingerprint density at radius 3 is 2.63 bits per heavy atom. The third-order valence-electron chi connectivity index (χ3n) is 5.69. The van der Waals surface area contributed by atoms with E-state index in [0.717, 1.165) is 43.0 Å². The molecule has 4 heterocycles. The molecule has 5 rings (SSSR count). The minimum Gasteiger partial charge on any atom is -0.298 e. The van der Waals surface area contributed by atoms with Crippen molar-refractivity contribution in [2.24, 2.45) is 0 Å². The minimum absolute atomic E-state index is 0.400. The highest BCUT2D eigenvalue weighted by Gasteiger charge is 2.26. The number of nitrogens with zero attached hydrogens (tertiary/aromatic N) is 4. The maximum atomic E-state index is 5.11. The summed E-state index contributed by atoms with van der Waals surface area (Å²) in [6.07, 6.45) is 7.96. The molecule has 0 amide bonds. The van der Waals surface area contributed by atoms with Gasteiger partial charge in [-0.1, -0.05) is 36.4 Å². The lowest BCUT2D eigenvalue weighted by Crippen LogP contribution is -2.34. The Hall–Kier alpha value is -2.89. The molecule has 30 heavy (non-hydrogen) atoms. The molecular formula is C25H24N4S. The number of benzene rings is 1. The van der Waals surface area contributed by atoms with Crippen molar-refractivity contribution < 1.29 is 0 Å². The molecule has 1 aliphatic heterocycles. The van der Waals surface area contributed by atoms with Gasteiger partial charge in [0, 0.05) is 53.6 Å². The second-order valence-corrected chi connectivity index (χ2v) is 8.78. The number of likely N-dealkylation sites (tertiary alicyclic amines) is 1. The van der Waals surface area contributed by atoms with Gasteiger partial charge in [0.25, 0.3) is 0 Å². The van der Waals surface area contributed by atoms with E-state index in [9.17, 15) is 0 Å². The highest BCUT2D eigenvalue weighted by atomic mass is 32.1. The Bertz CT molecular complexity index is 1080. The summed E-state index contributed by atoms with van der Waals surface area (Å²) in [5.41, 5.74) is 4.51. The van der Waals surface area contributed by atoms with Crippen LogP contribution in [-0.4, -0.2) is 32.9 Å². The van der Waals surface area contributed by atoms with Gasteiger partial charge < -0.3 is 0 Å². The predicted octanol–water partition coefficient (Wildman–Crippen LogP) is 5.65. The first-order chi connectivity index (χ1) is 14.9.